The molecule has 88 valence electrons. The molecule has 1 rings (SSSR count). The third kappa shape index (κ3) is 4.89. The Morgan fingerprint density at radius 1 is 1.56 bits per heavy atom. The smallest absolute Gasteiger partial charge is 0.138 e. The lowest BCUT2D eigenvalue weighted by Crippen LogP contribution is -2.25. The molecule has 0 aliphatic carbocycles. The van der Waals surface area contributed by atoms with Crippen molar-refractivity contribution in [2.45, 2.75) is 32.7 Å². The number of nitrogen functional groups attached to an aromatic ring is 1. The SMILES string of the molecule is CC(C)NCCC(=O)Cc1ccnc(N)c1. The number of nitrogens with one attached hydrogen (secondary N) is 1. The molecule has 0 saturated carbocycles. The lowest BCUT2D eigenvalue weighted by atomic mass is 10.1. The van der Waals surface area contributed by atoms with Crippen molar-refractivity contribution in [1.29, 1.82) is 0 Å². The lowest BCUT2D eigenvalue weighted by molar-refractivity contribution is -0.118. The maximum absolute atomic E-state index is 11.6. The number of nitrogens with zero attached hydrogens (tertiary/aromatic N) is 1. The second-order valence-electron chi connectivity index (χ2n) is 4.16. The Morgan fingerprint density at radius 3 is 2.94 bits per heavy atom. The Hall–Kier alpha value is -1.42. The highest BCUT2D eigenvalue weighted by Gasteiger charge is 2.04. The predicted octanol–water partition coefficient (Wildman–Crippen LogP) is 1.16. The molecule has 0 aliphatic heterocycles. The summed E-state index contributed by atoms with van der Waals surface area (Å²) in [5.41, 5.74) is 6.47. The van der Waals surface area contributed by atoms with Crippen LogP contribution in [0.4, 0.5) is 5.82 Å². The van der Waals surface area contributed by atoms with Crippen molar-refractivity contribution in [2.24, 2.45) is 0 Å². The van der Waals surface area contributed by atoms with Crippen LogP contribution in [0, 0.1) is 0 Å². The molecule has 4 nitrogen and oxygen atoms in total. The zero-order valence-electron chi connectivity index (χ0n) is 9.86. The summed E-state index contributed by atoms with van der Waals surface area (Å²) in [7, 11) is 0. The van der Waals surface area contributed by atoms with E-state index in [1.807, 2.05) is 6.07 Å². The molecule has 0 amide bonds. The summed E-state index contributed by atoms with van der Waals surface area (Å²) in [5.74, 6) is 0.685. The molecule has 1 heterocycles. The number of carbonyl (C=O) groups is 1. The van der Waals surface area contributed by atoms with Gasteiger partial charge in [0.05, 0.1) is 0 Å². The fourth-order valence-corrected chi connectivity index (χ4v) is 1.42. The van der Waals surface area contributed by atoms with Crippen LogP contribution in [0.2, 0.25) is 0 Å². The van der Waals surface area contributed by atoms with Crippen LogP contribution >= 0.6 is 0 Å². The van der Waals surface area contributed by atoms with Gasteiger partial charge in [0.1, 0.15) is 11.6 Å². The molecule has 0 bridgehead atoms. The Balaban J connectivity index is 2.34. The van der Waals surface area contributed by atoms with Gasteiger partial charge in [-0.3, -0.25) is 4.79 Å². The Kier molecular flexibility index (Phi) is 4.92. The first-order valence-corrected chi connectivity index (χ1v) is 5.53. The minimum Gasteiger partial charge on any atom is -0.384 e. The highest BCUT2D eigenvalue weighted by atomic mass is 16.1. The standard InChI is InChI=1S/C12H19N3O/c1-9(2)14-6-4-11(16)7-10-3-5-15-12(13)8-10/h3,5,8-9,14H,4,6-7H2,1-2H3,(H2,13,15). The van der Waals surface area contributed by atoms with E-state index in [1.165, 1.54) is 0 Å². The molecule has 0 unspecified atom stereocenters. The maximum Gasteiger partial charge on any atom is 0.138 e. The average molecular weight is 221 g/mol. The average Bonchev–Trinajstić information content (AvgIpc) is 2.16. The monoisotopic (exact) mass is 221 g/mol. The number of rotatable bonds is 6. The molecule has 0 atom stereocenters. The van der Waals surface area contributed by atoms with Gasteiger partial charge in [-0.25, -0.2) is 4.98 Å². The number of hydrogen-bond donors (Lipinski definition) is 2. The molecule has 0 spiro atoms. The summed E-state index contributed by atoms with van der Waals surface area (Å²) in [5, 5.41) is 3.22. The normalized spacial score (nSPS) is 10.7. The minimum atomic E-state index is 0.221. The number of pyridine rings is 1. The summed E-state index contributed by atoms with van der Waals surface area (Å²) in [6, 6.07) is 3.99. The van der Waals surface area contributed by atoms with Gasteiger partial charge in [-0.05, 0) is 17.7 Å². The largest absolute Gasteiger partial charge is 0.384 e. The van der Waals surface area contributed by atoms with Gasteiger partial charge in [0.15, 0.2) is 0 Å². The quantitative estimate of drug-likeness (QED) is 0.756. The molecule has 16 heavy (non-hydrogen) atoms. The van der Waals surface area contributed by atoms with Gasteiger partial charge >= 0.3 is 0 Å². The van der Waals surface area contributed by atoms with E-state index in [2.05, 4.69) is 24.1 Å². The van der Waals surface area contributed by atoms with E-state index in [-0.39, 0.29) is 5.78 Å². The first kappa shape index (κ1) is 12.6. The molecule has 0 aromatic carbocycles. The molecule has 4 heteroatoms. The molecule has 1 aromatic rings. The molecule has 0 aliphatic rings. The zero-order chi connectivity index (χ0) is 12.0. The minimum absolute atomic E-state index is 0.221. The van der Waals surface area contributed by atoms with Crippen molar-refractivity contribution in [2.75, 3.05) is 12.3 Å². The van der Waals surface area contributed by atoms with Gasteiger partial charge in [0.25, 0.3) is 0 Å². The van der Waals surface area contributed by atoms with E-state index >= 15 is 0 Å². The van der Waals surface area contributed by atoms with E-state index < -0.39 is 0 Å². The Labute approximate surface area is 96.3 Å². The van der Waals surface area contributed by atoms with Crippen LogP contribution in [0.5, 0.6) is 0 Å². The Morgan fingerprint density at radius 2 is 2.31 bits per heavy atom. The summed E-state index contributed by atoms with van der Waals surface area (Å²) >= 11 is 0. The summed E-state index contributed by atoms with van der Waals surface area (Å²) in [6.45, 7) is 4.86. The molecular formula is C12H19N3O. The predicted molar refractivity (Wildman–Crippen MR) is 65.1 cm³/mol. The van der Waals surface area contributed by atoms with Crippen LogP contribution in [-0.2, 0) is 11.2 Å². The highest BCUT2D eigenvalue weighted by molar-refractivity contribution is 5.81. The van der Waals surface area contributed by atoms with Crippen LogP contribution in [-0.4, -0.2) is 23.4 Å². The third-order valence-corrected chi connectivity index (χ3v) is 2.20. The Bertz CT molecular complexity index is 350. The number of carbonyl (C=O) groups excluding carboxylic acids is 1. The highest BCUT2D eigenvalue weighted by Crippen LogP contribution is 2.05. The van der Waals surface area contributed by atoms with Crippen molar-refractivity contribution >= 4 is 11.6 Å². The van der Waals surface area contributed by atoms with E-state index in [4.69, 9.17) is 5.73 Å². The first-order chi connectivity index (χ1) is 7.58. The van der Waals surface area contributed by atoms with Gasteiger partial charge in [0.2, 0.25) is 0 Å². The van der Waals surface area contributed by atoms with Crippen LogP contribution in [0.15, 0.2) is 18.3 Å². The third-order valence-electron chi connectivity index (χ3n) is 2.20. The van der Waals surface area contributed by atoms with E-state index in [0.29, 0.717) is 24.7 Å². The van der Waals surface area contributed by atoms with E-state index in [0.717, 1.165) is 12.1 Å². The van der Waals surface area contributed by atoms with Crippen LogP contribution in [0.3, 0.4) is 0 Å². The van der Waals surface area contributed by atoms with Gasteiger partial charge in [0, 0.05) is 31.6 Å². The molecule has 0 fully saturated rings. The van der Waals surface area contributed by atoms with Crippen molar-refractivity contribution in [3.63, 3.8) is 0 Å². The second-order valence-corrected chi connectivity index (χ2v) is 4.16. The van der Waals surface area contributed by atoms with Gasteiger partial charge in [-0.15, -0.1) is 0 Å². The molecule has 0 radical (unpaired) electrons. The molecular weight excluding hydrogens is 202 g/mol. The van der Waals surface area contributed by atoms with Crippen LogP contribution in [0.25, 0.3) is 0 Å². The van der Waals surface area contributed by atoms with Gasteiger partial charge < -0.3 is 11.1 Å². The van der Waals surface area contributed by atoms with E-state index in [1.54, 1.807) is 12.3 Å². The van der Waals surface area contributed by atoms with Crippen molar-refractivity contribution in [1.82, 2.24) is 10.3 Å². The number of ketones is 1. The van der Waals surface area contributed by atoms with Gasteiger partial charge in [-0.1, -0.05) is 13.8 Å². The van der Waals surface area contributed by atoms with Crippen molar-refractivity contribution in [3.8, 4) is 0 Å². The second kappa shape index (κ2) is 6.23. The number of Topliss-reactive ketones (excluding diaryl/α,β-unsaturated/α-hetero) is 1. The molecule has 1 aromatic heterocycles. The lowest BCUT2D eigenvalue weighted by Gasteiger charge is -2.07. The summed E-state index contributed by atoms with van der Waals surface area (Å²) in [6.07, 6.45) is 2.62. The topological polar surface area (TPSA) is 68.0 Å². The van der Waals surface area contributed by atoms with Crippen LogP contribution < -0.4 is 11.1 Å². The summed E-state index contributed by atoms with van der Waals surface area (Å²) in [4.78, 5) is 15.5. The summed E-state index contributed by atoms with van der Waals surface area (Å²) < 4.78 is 0. The number of aromatic nitrogens is 1. The van der Waals surface area contributed by atoms with E-state index in [9.17, 15) is 4.79 Å². The van der Waals surface area contributed by atoms with Crippen molar-refractivity contribution in [3.05, 3.63) is 23.9 Å². The van der Waals surface area contributed by atoms with Crippen molar-refractivity contribution < 1.29 is 4.79 Å². The van der Waals surface area contributed by atoms with Crippen LogP contribution in [0.1, 0.15) is 25.8 Å². The number of anilines is 1. The number of hydrogen-bond acceptors (Lipinski definition) is 4. The van der Waals surface area contributed by atoms with Gasteiger partial charge in [-0.2, -0.15) is 0 Å². The molecule has 0 saturated heterocycles. The zero-order valence-corrected chi connectivity index (χ0v) is 9.86. The first-order valence-electron chi connectivity index (χ1n) is 5.53. The number of nitrogens with two attached hydrogens (primary N) is 1. The fourth-order valence-electron chi connectivity index (χ4n) is 1.42. The maximum atomic E-state index is 11.6. The fraction of sp³-hybridized carbons (Fsp3) is 0.500. The molecule has 3 N–H and O–H groups in total.